The van der Waals surface area contributed by atoms with Gasteiger partial charge in [-0.15, -0.1) is 0 Å². The fourth-order valence-corrected chi connectivity index (χ4v) is 3.95. The Labute approximate surface area is 115 Å². The van der Waals surface area contributed by atoms with Crippen LogP contribution in [0.3, 0.4) is 0 Å². The summed E-state index contributed by atoms with van der Waals surface area (Å²) in [6.45, 7) is 4.83. The van der Waals surface area contributed by atoms with Crippen LogP contribution in [-0.4, -0.2) is 5.11 Å². The molecule has 0 amide bonds. The maximum Gasteiger partial charge on any atom is 0.223 e. The summed E-state index contributed by atoms with van der Waals surface area (Å²) in [6, 6.07) is 3.67. The second-order valence-electron chi connectivity index (χ2n) is 6.77. The van der Waals surface area contributed by atoms with Crippen molar-refractivity contribution in [3.8, 4) is 5.75 Å². The van der Waals surface area contributed by atoms with E-state index in [1.807, 2.05) is 23.9 Å². The van der Waals surface area contributed by atoms with Crippen molar-refractivity contribution in [2.45, 2.75) is 39.5 Å². The Kier molecular flexibility index (Phi) is 2.92. The second kappa shape index (κ2) is 4.36. The van der Waals surface area contributed by atoms with Gasteiger partial charge in [-0.25, -0.2) is 4.57 Å². The predicted molar refractivity (Wildman–Crippen MR) is 75.7 cm³/mol. The van der Waals surface area contributed by atoms with Crippen LogP contribution in [0.15, 0.2) is 30.0 Å². The first-order valence-corrected chi connectivity index (χ1v) is 7.35. The Bertz CT molecular complexity index is 510. The van der Waals surface area contributed by atoms with Gasteiger partial charge in [0.05, 0.1) is 0 Å². The van der Waals surface area contributed by atoms with E-state index in [-0.39, 0.29) is 0 Å². The maximum atomic E-state index is 9.96. The monoisotopic (exact) mass is 258 g/mol. The first-order valence-electron chi connectivity index (χ1n) is 7.35. The van der Waals surface area contributed by atoms with E-state index >= 15 is 0 Å². The number of aryl methyl sites for hydroxylation is 1. The summed E-state index contributed by atoms with van der Waals surface area (Å²) in [6.07, 6.45) is 9.13. The third-order valence-corrected chi connectivity index (χ3v) is 5.52. The maximum absolute atomic E-state index is 9.96. The SMILES string of the molecule is C[n+]1cccc(O)c1CCC1=CCC2CC1C2(C)C. The summed E-state index contributed by atoms with van der Waals surface area (Å²) in [5.41, 5.74) is 3.17. The van der Waals surface area contributed by atoms with Crippen molar-refractivity contribution in [2.75, 3.05) is 0 Å². The lowest BCUT2D eigenvalue weighted by Crippen LogP contribution is -2.48. The number of allylic oxidation sites excluding steroid dienone is 2. The van der Waals surface area contributed by atoms with Crippen LogP contribution in [0.25, 0.3) is 0 Å². The average molecular weight is 258 g/mol. The average Bonchev–Trinajstić information content (AvgIpc) is 2.38. The van der Waals surface area contributed by atoms with Gasteiger partial charge in [-0.1, -0.05) is 25.5 Å². The molecule has 2 atom stereocenters. The quantitative estimate of drug-likeness (QED) is 0.653. The molecule has 4 rings (SSSR count). The lowest BCUT2D eigenvalue weighted by molar-refractivity contribution is -0.679. The molecule has 1 heterocycles. The van der Waals surface area contributed by atoms with Gasteiger partial charge < -0.3 is 5.11 Å². The number of aromatic hydroxyl groups is 1. The fourth-order valence-electron chi connectivity index (χ4n) is 3.95. The van der Waals surface area contributed by atoms with Crippen LogP contribution in [0.2, 0.25) is 0 Å². The first-order chi connectivity index (χ1) is 9.00. The van der Waals surface area contributed by atoms with Crippen LogP contribution in [-0.2, 0) is 13.5 Å². The Balaban J connectivity index is 1.72. The molecule has 2 heteroatoms. The summed E-state index contributed by atoms with van der Waals surface area (Å²) in [4.78, 5) is 0. The van der Waals surface area contributed by atoms with E-state index in [2.05, 4.69) is 19.9 Å². The van der Waals surface area contributed by atoms with E-state index in [9.17, 15) is 5.11 Å². The molecular formula is C17H24NO+. The number of aromatic nitrogens is 1. The van der Waals surface area contributed by atoms with Crippen molar-refractivity contribution >= 4 is 0 Å². The molecule has 0 aliphatic heterocycles. The molecule has 102 valence electrons. The van der Waals surface area contributed by atoms with Crippen LogP contribution in [0, 0.1) is 17.3 Å². The third kappa shape index (κ3) is 1.98. The summed E-state index contributed by atoms with van der Waals surface area (Å²) in [5.74, 6) is 2.11. The van der Waals surface area contributed by atoms with Crippen molar-refractivity contribution in [1.29, 1.82) is 0 Å². The van der Waals surface area contributed by atoms with E-state index in [1.54, 1.807) is 11.6 Å². The van der Waals surface area contributed by atoms with Gasteiger partial charge in [0.25, 0.3) is 0 Å². The minimum absolute atomic E-state index is 0.423. The highest BCUT2D eigenvalue weighted by Crippen LogP contribution is 2.59. The normalized spacial score (nSPS) is 27.6. The first kappa shape index (κ1) is 12.7. The highest BCUT2D eigenvalue weighted by Gasteiger charge is 2.50. The lowest BCUT2D eigenvalue weighted by Gasteiger charge is -2.56. The van der Waals surface area contributed by atoms with Crippen molar-refractivity contribution in [3.63, 3.8) is 0 Å². The topological polar surface area (TPSA) is 24.1 Å². The molecule has 0 radical (unpaired) electrons. The molecule has 2 nitrogen and oxygen atoms in total. The predicted octanol–water partition coefficient (Wildman–Crippen LogP) is 3.14. The Morgan fingerprint density at radius 1 is 1.37 bits per heavy atom. The summed E-state index contributed by atoms with van der Waals surface area (Å²) in [7, 11) is 2.01. The third-order valence-electron chi connectivity index (χ3n) is 5.52. The van der Waals surface area contributed by atoms with Crippen LogP contribution < -0.4 is 4.57 Å². The largest absolute Gasteiger partial charge is 0.503 e. The molecule has 1 saturated carbocycles. The highest BCUT2D eigenvalue weighted by atomic mass is 16.3. The smallest absolute Gasteiger partial charge is 0.223 e. The van der Waals surface area contributed by atoms with E-state index in [0.29, 0.717) is 11.2 Å². The van der Waals surface area contributed by atoms with Crippen LogP contribution in [0.1, 0.15) is 38.8 Å². The minimum Gasteiger partial charge on any atom is -0.503 e. The Hall–Kier alpha value is -1.31. The van der Waals surface area contributed by atoms with Crippen LogP contribution in [0.5, 0.6) is 5.75 Å². The van der Waals surface area contributed by atoms with Crippen molar-refractivity contribution in [2.24, 2.45) is 24.3 Å². The summed E-state index contributed by atoms with van der Waals surface area (Å²) in [5, 5.41) is 9.96. The number of rotatable bonds is 3. The van der Waals surface area contributed by atoms with E-state index in [0.717, 1.165) is 30.4 Å². The van der Waals surface area contributed by atoms with Gasteiger partial charge >= 0.3 is 0 Å². The zero-order valence-corrected chi connectivity index (χ0v) is 12.2. The summed E-state index contributed by atoms with van der Waals surface area (Å²) < 4.78 is 2.04. The number of nitrogens with zero attached hydrogens (tertiary/aromatic N) is 1. The minimum atomic E-state index is 0.423. The van der Waals surface area contributed by atoms with Crippen molar-refractivity contribution in [1.82, 2.24) is 0 Å². The standard InChI is InChI=1S/C17H23NO/c1-17(2)13-8-6-12(14(17)11-13)7-9-15-16(19)5-4-10-18(15)3/h4-6,10,13-14H,7-9,11H2,1-3H3/p+1. The summed E-state index contributed by atoms with van der Waals surface area (Å²) >= 11 is 0. The van der Waals surface area contributed by atoms with Crippen LogP contribution in [0.4, 0.5) is 0 Å². The van der Waals surface area contributed by atoms with Gasteiger partial charge in [0.1, 0.15) is 7.05 Å². The van der Waals surface area contributed by atoms with E-state index in [1.165, 1.54) is 12.8 Å². The molecule has 1 N–H and O–H groups in total. The molecule has 1 aromatic rings. The van der Waals surface area contributed by atoms with Crippen molar-refractivity contribution < 1.29 is 9.67 Å². The molecule has 0 saturated heterocycles. The molecule has 2 unspecified atom stereocenters. The van der Waals surface area contributed by atoms with E-state index < -0.39 is 0 Å². The van der Waals surface area contributed by atoms with Gasteiger partial charge in [0, 0.05) is 12.5 Å². The van der Waals surface area contributed by atoms with Gasteiger partial charge in [-0.3, -0.25) is 0 Å². The lowest BCUT2D eigenvalue weighted by atomic mass is 9.48. The van der Waals surface area contributed by atoms with E-state index in [4.69, 9.17) is 0 Å². The molecule has 3 aliphatic carbocycles. The molecule has 1 fully saturated rings. The van der Waals surface area contributed by atoms with Gasteiger partial charge in [-0.05, 0) is 42.6 Å². The fraction of sp³-hybridized carbons (Fsp3) is 0.588. The Morgan fingerprint density at radius 3 is 2.79 bits per heavy atom. The number of pyridine rings is 1. The number of hydrogen-bond donors (Lipinski definition) is 1. The van der Waals surface area contributed by atoms with Gasteiger partial charge in [-0.2, -0.15) is 0 Å². The highest BCUT2D eigenvalue weighted by molar-refractivity contribution is 5.26. The molecule has 2 bridgehead atoms. The molecule has 0 spiro atoms. The number of fused-ring (bicyclic) bond motifs is 1. The number of hydrogen-bond acceptors (Lipinski definition) is 1. The molecule has 1 aromatic heterocycles. The van der Waals surface area contributed by atoms with Gasteiger partial charge in [0.15, 0.2) is 11.9 Å². The molecule has 19 heavy (non-hydrogen) atoms. The zero-order chi connectivity index (χ0) is 13.6. The second-order valence-corrected chi connectivity index (χ2v) is 6.77. The zero-order valence-electron chi connectivity index (χ0n) is 12.2. The van der Waals surface area contributed by atoms with Gasteiger partial charge in [0.2, 0.25) is 5.69 Å². The van der Waals surface area contributed by atoms with Crippen molar-refractivity contribution in [3.05, 3.63) is 35.7 Å². The Morgan fingerprint density at radius 2 is 2.16 bits per heavy atom. The molecular weight excluding hydrogens is 234 g/mol. The molecule has 3 aliphatic rings. The molecule has 0 aromatic carbocycles. The van der Waals surface area contributed by atoms with Crippen LogP contribution >= 0.6 is 0 Å².